The van der Waals surface area contributed by atoms with Gasteiger partial charge in [0.1, 0.15) is 12.4 Å². The number of benzene rings is 3. The van der Waals surface area contributed by atoms with Crippen LogP contribution in [0.2, 0.25) is 0 Å². The first-order valence-corrected chi connectivity index (χ1v) is 7.96. The van der Waals surface area contributed by atoms with E-state index in [9.17, 15) is 0 Å². The maximum absolute atomic E-state index is 6.25. The van der Waals surface area contributed by atoms with Gasteiger partial charge in [0.15, 0.2) is 0 Å². The van der Waals surface area contributed by atoms with Crippen LogP contribution in [0, 0.1) is 0 Å². The van der Waals surface area contributed by atoms with E-state index in [1.165, 1.54) is 22.3 Å². The third-order valence-electron chi connectivity index (χ3n) is 4.45. The van der Waals surface area contributed by atoms with Gasteiger partial charge in [-0.1, -0.05) is 66.7 Å². The average Bonchev–Trinajstić information content (AvgIpc) is 3.00. The zero-order valence-electron chi connectivity index (χ0n) is 12.9. The highest BCUT2D eigenvalue weighted by Gasteiger charge is 2.21. The van der Waals surface area contributed by atoms with Crippen molar-refractivity contribution in [3.63, 3.8) is 0 Å². The lowest BCUT2D eigenvalue weighted by Crippen LogP contribution is -2.19. The molecule has 0 fully saturated rings. The quantitative estimate of drug-likeness (QED) is 0.608. The second-order valence-electron chi connectivity index (χ2n) is 5.94. The van der Waals surface area contributed by atoms with E-state index in [0.717, 1.165) is 17.7 Å². The number of hydrogen-bond acceptors (Lipinski definition) is 2. The predicted octanol–water partition coefficient (Wildman–Crippen LogP) is 4.34. The number of nitrogens with two attached hydrogens (primary N) is 1. The van der Waals surface area contributed by atoms with Crippen LogP contribution in [0.1, 0.15) is 22.7 Å². The standard InChI is InChI=1S/C21H19NO/c22-20(15-7-2-1-3-8-15)14-23-21-12-6-11-18-17-10-5-4-9-16(17)13-19(18)21/h1-12,20H,13-14,22H2. The van der Waals surface area contributed by atoms with Gasteiger partial charge < -0.3 is 10.5 Å². The molecule has 0 aliphatic heterocycles. The molecule has 0 saturated carbocycles. The molecule has 4 rings (SSSR count). The van der Waals surface area contributed by atoms with Gasteiger partial charge in [0, 0.05) is 12.0 Å². The first kappa shape index (κ1) is 14.0. The SMILES string of the molecule is NC(COc1cccc2c1Cc1ccccc1-2)c1ccccc1. The third-order valence-corrected chi connectivity index (χ3v) is 4.45. The lowest BCUT2D eigenvalue weighted by molar-refractivity contribution is 0.288. The number of fused-ring (bicyclic) bond motifs is 3. The highest BCUT2D eigenvalue weighted by molar-refractivity contribution is 5.78. The maximum Gasteiger partial charge on any atom is 0.123 e. The monoisotopic (exact) mass is 301 g/mol. The van der Waals surface area contributed by atoms with Crippen LogP contribution >= 0.6 is 0 Å². The molecule has 3 aromatic carbocycles. The maximum atomic E-state index is 6.25. The molecule has 1 atom stereocenters. The summed E-state index contributed by atoms with van der Waals surface area (Å²) in [7, 11) is 0. The fraction of sp³-hybridized carbons (Fsp3) is 0.143. The van der Waals surface area contributed by atoms with Gasteiger partial charge in [0.05, 0.1) is 6.04 Å². The molecule has 1 aliphatic carbocycles. The van der Waals surface area contributed by atoms with Gasteiger partial charge in [-0.3, -0.25) is 0 Å². The zero-order valence-corrected chi connectivity index (χ0v) is 12.9. The molecule has 114 valence electrons. The lowest BCUT2D eigenvalue weighted by Gasteiger charge is -2.15. The van der Waals surface area contributed by atoms with Gasteiger partial charge in [-0.05, 0) is 28.3 Å². The molecule has 0 aromatic heterocycles. The molecule has 1 unspecified atom stereocenters. The average molecular weight is 301 g/mol. The van der Waals surface area contributed by atoms with Crippen molar-refractivity contribution >= 4 is 0 Å². The fourth-order valence-electron chi connectivity index (χ4n) is 3.24. The van der Waals surface area contributed by atoms with E-state index < -0.39 is 0 Å². The van der Waals surface area contributed by atoms with Crippen LogP contribution in [0.25, 0.3) is 11.1 Å². The van der Waals surface area contributed by atoms with Crippen molar-refractivity contribution in [2.75, 3.05) is 6.61 Å². The van der Waals surface area contributed by atoms with Crippen LogP contribution in [0.5, 0.6) is 5.75 Å². The third kappa shape index (κ3) is 2.62. The second kappa shape index (κ2) is 5.90. The molecule has 2 N–H and O–H groups in total. The van der Waals surface area contributed by atoms with E-state index in [1.807, 2.05) is 36.4 Å². The van der Waals surface area contributed by atoms with E-state index in [2.05, 4.69) is 36.4 Å². The van der Waals surface area contributed by atoms with Crippen LogP contribution in [0.3, 0.4) is 0 Å². The second-order valence-corrected chi connectivity index (χ2v) is 5.94. The minimum atomic E-state index is -0.115. The molecule has 3 aromatic rings. The molecule has 0 radical (unpaired) electrons. The Labute approximate surface area is 136 Å². The fourth-order valence-corrected chi connectivity index (χ4v) is 3.24. The van der Waals surface area contributed by atoms with Crippen molar-refractivity contribution in [1.82, 2.24) is 0 Å². The Morgan fingerprint density at radius 1 is 0.826 bits per heavy atom. The summed E-state index contributed by atoms with van der Waals surface area (Å²) in [5.41, 5.74) is 12.6. The molecule has 2 heteroatoms. The van der Waals surface area contributed by atoms with Crippen molar-refractivity contribution in [2.45, 2.75) is 12.5 Å². The number of hydrogen-bond donors (Lipinski definition) is 1. The summed E-state index contributed by atoms with van der Waals surface area (Å²) in [6.45, 7) is 0.483. The summed E-state index contributed by atoms with van der Waals surface area (Å²) >= 11 is 0. The van der Waals surface area contributed by atoms with Gasteiger partial charge in [0.2, 0.25) is 0 Å². The minimum Gasteiger partial charge on any atom is -0.491 e. The summed E-state index contributed by atoms with van der Waals surface area (Å²) in [6, 6.07) is 24.8. The number of ether oxygens (including phenoxy) is 1. The van der Waals surface area contributed by atoms with Crippen molar-refractivity contribution in [2.24, 2.45) is 5.73 Å². The highest BCUT2D eigenvalue weighted by Crippen LogP contribution is 2.41. The van der Waals surface area contributed by atoms with Crippen LogP contribution in [0.15, 0.2) is 72.8 Å². The molecule has 1 aliphatic rings. The Morgan fingerprint density at radius 2 is 1.57 bits per heavy atom. The largest absolute Gasteiger partial charge is 0.491 e. The first-order valence-electron chi connectivity index (χ1n) is 7.96. The van der Waals surface area contributed by atoms with Crippen LogP contribution in [0.4, 0.5) is 0 Å². The van der Waals surface area contributed by atoms with E-state index in [4.69, 9.17) is 10.5 Å². The first-order chi connectivity index (χ1) is 11.3. The van der Waals surface area contributed by atoms with Crippen molar-refractivity contribution < 1.29 is 4.74 Å². The van der Waals surface area contributed by atoms with Crippen molar-refractivity contribution in [3.05, 3.63) is 89.5 Å². The van der Waals surface area contributed by atoms with Crippen molar-refractivity contribution in [1.29, 1.82) is 0 Å². The summed E-state index contributed by atoms with van der Waals surface area (Å²) in [6.07, 6.45) is 0.933. The summed E-state index contributed by atoms with van der Waals surface area (Å²) in [4.78, 5) is 0. The van der Waals surface area contributed by atoms with Gasteiger partial charge >= 0.3 is 0 Å². The summed E-state index contributed by atoms with van der Waals surface area (Å²) in [5.74, 6) is 0.949. The van der Waals surface area contributed by atoms with Gasteiger partial charge in [0.25, 0.3) is 0 Å². The topological polar surface area (TPSA) is 35.2 Å². The molecular formula is C21H19NO. The van der Waals surface area contributed by atoms with Crippen LogP contribution < -0.4 is 10.5 Å². The predicted molar refractivity (Wildman–Crippen MR) is 93.5 cm³/mol. The lowest BCUT2D eigenvalue weighted by atomic mass is 10.1. The Kier molecular flexibility index (Phi) is 3.60. The smallest absolute Gasteiger partial charge is 0.123 e. The zero-order chi connectivity index (χ0) is 15.6. The minimum absolute atomic E-state index is 0.115. The summed E-state index contributed by atoms with van der Waals surface area (Å²) in [5, 5.41) is 0. The molecule has 0 amide bonds. The Bertz CT molecular complexity index is 826. The Morgan fingerprint density at radius 3 is 2.43 bits per heavy atom. The molecule has 0 heterocycles. The van der Waals surface area contributed by atoms with E-state index in [-0.39, 0.29) is 6.04 Å². The molecule has 0 bridgehead atoms. The molecule has 23 heavy (non-hydrogen) atoms. The van der Waals surface area contributed by atoms with Crippen LogP contribution in [-0.2, 0) is 6.42 Å². The van der Waals surface area contributed by atoms with E-state index in [0.29, 0.717) is 6.61 Å². The highest BCUT2D eigenvalue weighted by atomic mass is 16.5. The molecule has 2 nitrogen and oxygen atoms in total. The molecule has 0 saturated heterocycles. The Hall–Kier alpha value is -2.58. The normalized spacial score (nSPS) is 13.3. The van der Waals surface area contributed by atoms with E-state index in [1.54, 1.807) is 0 Å². The van der Waals surface area contributed by atoms with Gasteiger partial charge in [-0.15, -0.1) is 0 Å². The van der Waals surface area contributed by atoms with Gasteiger partial charge in [-0.2, -0.15) is 0 Å². The van der Waals surface area contributed by atoms with Gasteiger partial charge in [-0.25, -0.2) is 0 Å². The van der Waals surface area contributed by atoms with Crippen LogP contribution in [-0.4, -0.2) is 6.61 Å². The summed E-state index contributed by atoms with van der Waals surface area (Å²) < 4.78 is 6.07. The van der Waals surface area contributed by atoms with Crippen molar-refractivity contribution in [3.8, 4) is 16.9 Å². The number of rotatable bonds is 4. The Balaban J connectivity index is 1.56. The molecular weight excluding hydrogens is 282 g/mol. The molecule has 0 spiro atoms. The van der Waals surface area contributed by atoms with E-state index >= 15 is 0 Å².